The third kappa shape index (κ3) is 9.51. The van der Waals surface area contributed by atoms with Crippen molar-refractivity contribution in [2.45, 2.75) is 176 Å². The highest BCUT2D eigenvalue weighted by molar-refractivity contribution is 5.45. The summed E-state index contributed by atoms with van der Waals surface area (Å²) in [5.74, 6) is 1.01. The van der Waals surface area contributed by atoms with Gasteiger partial charge in [-0.2, -0.15) is 0 Å². The Morgan fingerprint density at radius 3 is 1.00 bits per heavy atom. The van der Waals surface area contributed by atoms with Crippen molar-refractivity contribution in [1.29, 1.82) is 0 Å². The van der Waals surface area contributed by atoms with Crippen LogP contribution in [0.15, 0.2) is 54.6 Å². The van der Waals surface area contributed by atoms with E-state index in [0.717, 1.165) is 18.6 Å². The average Bonchev–Trinajstić information content (AvgIpc) is 2.85. The summed E-state index contributed by atoms with van der Waals surface area (Å²) in [5.41, 5.74) is 11.3. The van der Waals surface area contributed by atoms with E-state index in [1.807, 2.05) is 0 Å². The van der Waals surface area contributed by atoms with Crippen molar-refractivity contribution in [3.63, 3.8) is 0 Å². The van der Waals surface area contributed by atoms with Crippen molar-refractivity contribution in [2.75, 3.05) is 0 Å². The normalized spacial score (nSPS) is 13.8. The van der Waals surface area contributed by atoms with E-state index in [1.165, 1.54) is 44.5 Å². The number of hydrogen-bond donors (Lipinski definition) is 0. The topological polar surface area (TPSA) is 9.23 Å². The molecule has 0 aliphatic rings. The highest BCUT2D eigenvalue weighted by Gasteiger charge is 2.29. The zero-order valence-corrected chi connectivity index (χ0v) is 33.1. The van der Waals surface area contributed by atoms with E-state index in [4.69, 9.17) is 4.74 Å². The Hall–Kier alpha value is -2.54. The van der Waals surface area contributed by atoms with Gasteiger partial charge >= 0.3 is 0 Å². The van der Waals surface area contributed by atoms with Gasteiger partial charge in [0, 0.05) is 12.8 Å². The van der Waals surface area contributed by atoms with Gasteiger partial charge in [0.1, 0.15) is 11.9 Å². The zero-order chi connectivity index (χ0) is 35.3. The fourth-order valence-electron chi connectivity index (χ4n) is 6.35. The van der Waals surface area contributed by atoms with Crippen LogP contribution in [0.3, 0.4) is 0 Å². The average molecular weight is 625 g/mol. The molecule has 0 radical (unpaired) electrons. The molecule has 0 heterocycles. The van der Waals surface area contributed by atoms with Crippen LogP contribution in [0.2, 0.25) is 0 Å². The lowest BCUT2D eigenvalue weighted by Crippen LogP contribution is -2.29. The highest BCUT2D eigenvalue weighted by Crippen LogP contribution is 2.39. The Kier molecular flexibility index (Phi) is 10.6. The van der Waals surface area contributed by atoms with Gasteiger partial charge in [0.25, 0.3) is 0 Å². The van der Waals surface area contributed by atoms with Crippen molar-refractivity contribution in [3.05, 3.63) is 99.1 Å². The Balaban J connectivity index is 2.24. The van der Waals surface area contributed by atoms with Crippen LogP contribution in [-0.4, -0.2) is 6.10 Å². The monoisotopic (exact) mass is 625 g/mol. The zero-order valence-electron chi connectivity index (χ0n) is 33.1. The molecular weight excluding hydrogens is 556 g/mol. The van der Waals surface area contributed by atoms with E-state index in [-0.39, 0.29) is 38.6 Å². The molecule has 1 heteroatoms. The summed E-state index contributed by atoms with van der Waals surface area (Å²) < 4.78 is 7.28. The smallest absolute Gasteiger partial charge is 0.123 e. The van der Waals surface area contributed by atoms with Gasteiger partial charge in [0.05, 0.1) is 0 Å². The van der Waals surface area contributed by atoms with Gasteiger partial charge in [-0.15, -0.1) is 0 Å². The minimum atomic E-state index is -0.0446. The Morgan fingerprint density at radius 2 is 0.696 bits per heavy atom. The summed E-state index contributed by atoms with van der Waals surface area (Å²) in [5, 5.41) is 0. The molecule has 0 unspecified atom stereocenters. The van der Waals surface area contributed by atoms with Crippen LogP contribution in [0.5, 0.6) is 5.75 Å². The van der Waals surface area contributed by atoms with E-state index in [9.17, 15) is 0 Å². The minimum Gasteiger partial charge on any atom is -0.489 e. The van der Waals surface area contributed by atoms with E-state index >= 15 is 0 Å². The fraction of sp³-hybridized carbons (Fsp3) is 0.600. The van der Waals surface area contributed by atoms with E-state index in [2.05, 4.69) is 179 Å². The molecule has 0 N–H and O–H groups in total. The van der Waals surface area contributed by atoms with Gasteiger partial charge in [-0.3, -0.25) is 0 Å². The van der Waals surface area contributed by atoms with E-state index in [1.54, 1.807) is 0 Å². The number of benzene rings is 3. The molecule has 0 atom stereocenters. The summed E-state index contributed by atoms with van der Waals surface area (Å²) in [7, 11) is 0. The predicted molar refractivity (Wildman–Crippen MR) is 203 cm³/mol. The number of ether oxygens (including phenoxy) is 1. The van der Waals surface area contributed by atoms with Gasteiger partial charge in [-0.1, -0.05) is 173 Å². The molecule has 0 aromatic heterocycles. The maximum atomic E-state index is 7.28. The molecule has 0 saturated carbocycles. The van der Waals surface area contributed by atoms with Gasteiger partial charge in [-0.05, 0) is 83.1 Å². The molecule has 3 aromatic rings. The minimum absolute atomic E-state index is 0.0234. The molecule has 3 rings (SSSR count). The SMILES string of the molecule is CC(C)(C)c1ccc(CC(Cc2ccc(C(C)(C)C)cc2C(C)(C)C)Oc2ccc(C(C)(C)C)cc2C(C)(C)C)c(C(C)(C)C)c1. The Bertz CT molecular complexity index is 1310. The third-order valence-electron chi connectivity index (χ3n) is 9.41. The molecule has 0 saturated heterocycles. The fourth-order valence-corrected chi connectivity index (χ4v) is 6.35. The van der Waals surface area contributed by atoms with Crippen LogP contribution in [0, 0.1) is 0 Å². The highest BCUT2D eigenvalue weighted by atomic mass is 16.5. The molecule has 254 valence electrons. The van der Waals surface area contributed by atoms with Crippen molar-refractivity contribution in [1.82, 2.24) is 0 Å². The van der Waals surface area contributed by atoms with Crippen molar-refractivity contribution in [2.24, 2.45) is 0 Å². The number of hydrogen-bond acceptors (Lipinski definition) is 1. The molecule has 0 aliphatic carbocycles. The Labute approximate surface area is 285 Å². The summed E-state index contributed by atoms with van der Waals surface area (Å²) in [6.45, 7) is 41.8. The second-order valence-corrected chi connectivity index (χ2v) is 20.1. The van der Waals surface area contributed by atoms with Crippen molar-refractivity contribution < 1.29 is 4.74 Å². The van der Waals surface area contributed by atoms with E-state index < -0.39 is 0 Å². The maximum absolute atomic E-state index is 7.28. The molecule has 0 bridgehead atoms. The first kappa shape index (κ1) is 37.9. The predicted octanol–water partition coefficient (Wildman–Crippen LogP) is 12.7. The summed E-state index contributed by atoms with van der Waals surface area (Å²) in [6, 6.07) is 21.3. The maximum Gasteiger partial charge on any atom is 0.123 e. The molecular formula is C45H68O. The van der Waals surface area contributed by atoms with Crippen LogP contribution in [0.1, 0.15) is 169 Å². The summed E-state index contributed by atoms with van der Waals surface area (Å²) in [6.07, 6.45) is 1.68. The van der Waals surface area contributed by atoms with Gasteiger partial charge < -0.3 is 4.74 Å². The first-order chi connectivity index (χ1) is 20.6. The summed E-state index contributed by atoms with van der Waals surface area (Å²) in [4.78, 5) is 0. The van der Waals surface area contributed by atoms with Gasteiger partial charge in [0.15, 0.2) is 0 Å². The molecule has 0 aliphatic heterocycles. The largest absolute Gasteiger partial charge is 0.489 e. The van der Waals surface area contributed by atoms with Gasteiger partial charge in [0.2, 0.25) is 0 Å². The van der Waals surface area contributed by atoms with Gasteiger partial charge in [-0.25, -0.2) is 0 Å². The molecule has 3 aromatic carbocycles. The quantitative estimate of drug-likeness (QED) is 0.265. The molecule has 0 spiro atoms. The lowest BCUT2D eigenvalue weighted by molar-refractivity contribution is 0.196. The lowest BCUT2D eigenvalue weighted by atomic mass is 9.76. The Morgan fingerprint density at radius 1 is 0.391 bits per heavy atom. The van der Waals surface area contributed by atoms with Crippen LogP contribution in [-0.2, 0) is 45.3 Å². The molecule has 46 heavy (non-hydrogen) atoms. The lowest BCUT2D eigenvalue weighted by Gasteiger charge is -2.32. The van der Waals surface area contributed by atoms with Crippen molar-refractivity contribution in [3.8, 4) is 5.75 Å². The molecule has 0 fully saturated rings. The standard InChI is InChI=1S/C45H68O/c1-40(2,3)32-21-19-30(36(27-32)43(10,11)12)25-35(26-31-20-22-33(41(4,5)6)28-37(31)44(13,14)15)46-39-24-23-34(42(7,8)9)29-38(39)45(16,17)18/h19-24,27-29,35H,25-26H2,1-18H3. The van der Waals surface area contributed by atoms with Crippen LogP contribution in [0.25, 0.3) is 0 Å². The first-order valence-corrected chi connectivity index (χ1v) is 17.7. The molecule has 1 nitrogen and oxygen atoms in total. The van der Waals surface area contributed by atoms with E-state index in [0.29, 0.717) is 0 Å². The third-order valence-corrected chi connectivity index (χ3v) is 9.41. The number of rotatable bonds is 6. The van der Waals surface area contributed by atoms with Crippen LogP contribution < -0.4 is 4.74 Å². The summed E-state index contributed by atoms with van der Waals surface area (Å²) >= 11 is 0. The second-order valence-electron chi connectivity index (χ2n) is 20.1. The van der Waals surface area contributed by atoms with Crippen molar-refractivity contribution >= 4 is 0 Å². The van der Waals surface area contributed by atoms with Crippen LogP contribution in [0.4, 0.5) is 0 Å². The molecule has 0 amide bonds. The second kappa shape index (κ2) is 12.8. The van der Waals surface area contributed by atoms with Crippen LogP contribution >= 0.6 is 0 Å². The first-order valence-electron chi connectivity index (χ1n) is 17.7.